The standard InChI is InChI=1S/C12H18N6O3/c1-9-10(4-14-16(9)2)3-13-6-12(19)8-17-7-11(5-15-17)18(20)21/h4-5,7,12-13,19H,3,6,8H2,1-2H3. The zero-order chi connectivity index (χ0) is 15.4. The fourth-order valence-corrected chi connectivity index (χ4v) is 1.92. The minimum atomic E-state index is -0.679. The fraction of sp³-hybridized carbons (Fsp3) is 0.500. The molecule has 0 amide bonds. The van der Waals surface area contributed by atoms with Crippen LogP contribution < -0.4 is 5.32 Å². The van der Waals surface area contributed by atoms with Crippen LogP contribution in [0.2, 0.25) is 0 Å². The van der Waals surface area contributed by atoms with Crippen LogP contribution >= 0.6 is 0 Å². The summed E-state index contributed by atoms with van der Waals surface area (Å²) in [6, 6.07) is 0. The van der Waals surface area contributed by atoms with Gasteiger partial charge in [-0.05, 0) is 6.92 Å². The van der Waals surface area contributed by atoms with Crippen LogP contribution in [0.25, 0.3) is 0 Å². The molecule has 9 heteroatoms. The van der Waals surface area contributed by atoms with E-state index in [0.29, 0.717) is 13.1 Å². The van der Waals surface area contributed by atoms with Crippen molar-refractivity contribution in [3.8, 4) is 0 Å². The highest BCUT2D eigenvalue weighted by atomic mass is 16.6. The Labute approximate surface area is 121 Å². The van der Waals surface area contributed by atoms with Gasteiger partial charge in [0.15, 0.2) is 0 Å². The zero-order valence-corrected chi connectivity index (χ0v) is 11.9. The Balaban J connectivity index is 1.78. The molecule has 2 aromatic heterocycles. The summed E-state index contributed by atoms with van der Waals surface area (Å²) in [6.07, 6.45) is 3.57. The molecule has 0 bridgehead atoms. The number of hydrogen-bond acceptors (Lipinski definition) is 6. The Hall–Kier alpha value is -2.26. The van der Waals surface area contributed by atoms with Crippen molar-refractivity contribution in [2.45, 2.75) is 26.1 Å². The van der Waals surface area contributed by atoms with E-state index >= 15 is 0 Å². The molecule has 2 aromatic rings. The van der Waals surface area contributed by atoms with E-state index in [9.17, 15) is 15.2 Å². The topological polar surface area (TPSA) is 111 Å². The summed E-state index contributed by atoms with van der Waals surface area (Å²) >= 11 is 0. The van der Waals surface area contributed by atoms with E-state index in [2.05, 4.69) is 15.5 Å². The van der Waals surface area contributed by atoms with Crippen LogP contribution in [0, 0.1) is 17.0 Å². The van der Waals surface area contributed by atoms with E-state index < -0.39 is 11.0 Å². The lowest BCUT2D eigenvalue weighted by Crippen LogP contribution is -2.30. The second-order valence-electron chi connectivity index (χ2n) is 4.84. The predicted octanol–water partition coefficient (Wildman–Crippen LogP) is -0.0161. The molecule has 1 atom stereocenters. The lowest BCUT2D eigenvalue weighted by Gasteiger charge is -2.11. The maximum atomic E-state index is 10.5. The smallest absolute Gasteiger partial charge is 0.306 e. The fourth-order valence-electron chi connectivity index (χ4n) is 1.92. The highest BCUT2D eigenvalue weighted by Gasteiger charge is 2.12. The van der Waals surface area contributed by atoms with Crippen LogP contribution in [0.4, 0.5) is 5.69 Å². The second kappa shape index (κ2) is 6.46. The number of nitrogens with one attached hydrogen (secondary N) is 1. The van der Waals surface area contributed by atoms with Gasteiger partial charge in [-0.2, -0.15) is 10.2 Å². The monoisotopic (exact) mass is 294 g/mol. The molecule has 1 unspecified atom stereocenters. The third-order valence-corrected chi connectivity index (χ3v) is 3.26. The van der Waals surface area contributed by atoms with Crippen LogP contribution in [0.1, 0.15) is 11.3 Å². The van der Waals surface area contributed by atoms with Gasteiger partial charge in [-0.15, -0.1) is 0 Å². The largest absolute Gasteiger partial charge is 0.390 e. The molecular formula is C12H18N6O3. The van der Waals surface area contributed by atoms with E-state index in [1.807, 2.05) is 14.0 Å². The van der Waals surface area contributed by atoms with Gasteiger partial charge in [-0.1, -0.05) is 0 Å². The Morgan fingerprint density at radius 3 is 2.81 bits per heavy atom. The van der Waals surface area contributed by atoms with Crippen molar-refractivity contribution in [1.82, 2.24) is 24.9 Å². The van der Waals surface area contributed by atoms with Crippen molar-refractivity contribution in [3.63, 3.8) is 0 Å². The van der Waals surface area contributed by atoms with Crippen molar-refractivity contribution >= 4 is 5.69 Å². The molecule has 0 aliphatic carbocycles. The Morgan fingerprint density at radius 1 is 1.48 bits per heavy atom. The highest BCUT2D eigenvalue weighted by molar-refractivity contribution is 5.20. The summed E-state index contributed by atoms with van der Waals surface area (Å²) in [4.78, 5) is 10.0. The minimum Gasteiger partial charge on any atom is -0.390 e. The maximum Gasteiger partial charge on any atom is 0.306 e. The van der Waals surface area contributed by atoms with Crippen molar-refractivity contribution in [3.05, 3.63) is 40.0 Å². The number of rotatable bonds is 7. The molecule has 0 aliphatic rings. The molecule has 2 rings (SSSR count). The van der Waals surface area contributed by atoms with Gasteiger partial charge < -0.3 is 10.4 Å². The summed E-state index contributed by atoms with van der Waals surface area (Å²) in [5, 5.41) is 31.5. The molecule has 0 radical (unpaired) electrons. The minimum absolute atomic E-state index is 0.0823. The van der Waals surface area contributed by atoms with Gasteiger partial charge in [0.05, 0.1) is 23.8 Å². The number of nitrogens with zero attached hydrogens (tertiary/aromatic N) is 5. The van der Waals surface area contributed by atoms with Crippen LogP contribution in [0.5, 0.6) is 0 Å². The van der Waals surface area contributed by atoms with Gasteiger partial charge in [0.25, 0.3) is 0 Å². The van der Waals surface area contributed by atoms with Crippen molar-refractivity contribution in [2.24, 2.45) is 7.05 Å². The molecule has 114 valence electrons. The van der Waals surface area contributed by atoms with E-state index in [-0.39, 0.29) is 12.2 Å². The Bertz CT molecular complexity index is 620. The first-order chi connectivity index (χ1) is 9.97. The third-order valence-electron chi connectivity index (χ3n) is 3.26. The molecule has 0 aromatic carbocycles. The number of aliphatic hydroxyl groups excluding tert-OH is 1. The van der Waals surface area contributed by atoms with Crippen LogP contribution in [0.15, 0.2) is 18.6 Å². The lowest BCUT2D eigenvalue weighted by molar-refractivity contribution is -0.385. The molecule has 2 heterocycles. The Kier molecular flexibility index (Phi) is 4.66. The number of aryl methyl sites for hydroxylation is 1. The summed E-state index contributed by atoms with van der Waals surface area (Å²) in [5.74, 6) is 0. The van der Waals surface area contributed by atoms with E-state index in [1.54, 1.807) is 10.9 Å². The molecular weight excluding hydrogens is 276 g/mol. The number of aliphatic hydroxyl groups is 1. The SMILES string of the molecule is Cc1c(CNCC(O)Cn2cc([N+](=O)[O-])cn2)cnn1C. The molecule has 0 spiro atoms. The molecule has 0 saturated carbocycles. The molecule has 2 N–H and O–H groups in total. The first-order valence-electron chi connectivity index (χ1n) is 6.50. The van der Waals surface area contributed by atoms with Crippen molar-refractivity contribution in [2.75, 3.05) is 6.54 Å². The van der Waals surface area contributed by atoms with Gasteiger partial charge >= 0.3 is 5.69 Å². The summed E-state index contributed by atoms with van der Waals surface area (Å²) in [5.41, 5.74) is 2.06. The number of nitro groups is 1. The van der Waals surface area contributed by atoms with Gasteiger partial charge in [-0.25, -0.2) is 0 Å². The normalized spacial score (nSPS) is 12.5. The number of aromatic nitrogens is 4. The molecule has 0 fully saturated rings. The van der Waals surface area contributed by atoms with Gasteiger partial charge in [-0.3, -0.25) is 19.5 Å². The number of hydrogen-bond donors (Lipinski definition) is 2. The summed E-state index contributed by atoms with van der Waals surface area (Å²) < 4.78 is 3.15. The summed E-state index contributed by atoms with van der Waals surface area (Å²) in [7, 11) is 1.87. The average molecular weight is 294 g/mol. The van der Waals surface area contributed by atoms with Crippen molar-refractivity contribution < 1.29 is 10.0 Å². The van der Waals surface area contributed by atoms with Crippen LogP contribution in [-0.4, -0.2) is 42.2 Å². The van der Waals surface area contributed by atoms with Gasteiger partial charge in [0.1, 0.15) is 12.4 Å². The third kappa shape index (κ3) is 3.86. The van der Waals surface area contributed by atoms with Crippen LogP contribution in [0.3, 0.4) is 0 Å². The van der Waals surface area contributed by atoms with Gasteiger partial charge in [0.2, 0.25) is 0 Å². The lowest BCUT2D eigenvalue weighted by atomic mass is 10.2. The van der Waals surface area contributed by atoms with E-state index in [4.69, 9.17) is 0 Å². The highest BCUT2D eigenvalue weighted by Crippen LogP contribution is 2.08. The van der Waals surface area contributed by atoms with E-state index in [0.717, 1.165) is 11.3 Å². The quantitative estimate of drug-likeness (QED) is 0.548. The van der Waals surface area contributed by atoms with Crippen LogP contribution in [-0.2, 0) is 20.1 Å². The maximum absolute atomic E-state index is 10.5. The molecule has 0 aliphatic heterocycles. The first-order valence-corrected chi connectivity index (χ1v) is 6.50. The second-order valence-corrected chi connectivity index (χ2v) is 4.84. The molecule has 21 heavy (non-hydrogen) atoms. The van der Waals surface area contributed by atoms with Crippen molar-refractivity contribution in [1.29, 1.82) is 0 Å². The first kappa shape index (κ1) is 15.1. The molecule has 9 nitrogen and oxygen atoms in total. The summed E-state index contributed by atoms with van der Waals surface area (Å²) in [6.45, 7) is 3.15. The average Bonchev–Trinajstić information content (AvgIpc) is 3.00. The Morgan fingerprint density at radius 2 is 2.24 bits per heavy atom. The van der Waals surface area contributed by atoms with Gasteiger partial charge in [0, 0.05) is 31.4 Å². The zero-order valence-electron chi connectivity index (χ0n) is 11.9. The van der Waals surface area contributed by atoms with E-state index in [1.165, 1.54) is 17.1 Å². The molecule has 0 saturated heterocycles. The predicted molar refractivity (Wildman–Crippen MR) is 74.5 cm³/mol.